The smallest absolute Gasteiger partial charge is 0.312 e. The van der Waals surface area contributed by atoms with Gasteiger partial charge >= 0.3 is 5.97 Å². The topological polar surface area (TPSA) is 61.8 Å². The molecule has 6 heteroatoms. The number of Topliss-reactive ketones (excluding diaryl/α,β-unsaturated/α-hetero) is 1. The van der Waals surface area contributed by atoms with Crippen LogP contribution in [0.4, 0.5) is 0 Å². The first kappa shape index (κ1) is 15.7. The van der Waals surface area contributed by atoms with E-state index in [1.54, 1.807) is 6.92 Å². The van der Waals surface area contributed by atoms with E-state index in [9.17, 15) is 9.59 Å². The molecule has 0 aromatic carbocycles. The van der Waals surface area contributed by atoms with E-state index in [0.29, 0.717) is 6.42 Å². The summed E-state index contributed by atoms with van der Waals surface area (Å²) in [5.74, 6) is -2.86. The maximum atomic E-state index is 12.9. The molecular weight excluding hydrogens is 328 g/mol. The molecule has 5 nitrogen and oxygen atoms in total. The van der Waals surface area contributed by atoms with Gasteiger partial charge in [0.25, 0.3) is 0 Å². The number of fused-ring (bicyclic) bond motifs is 2. The standard InChI is InChI=1S/C14H19BrO5/c1-7-9-11(16)14(19-4,20-5)8(10(7)15)6-13(9,2)12(17)18-3/h8-9H,6H2,1-5H3/t8-,9-,13-/m1/s1. The Morgan fingerprint density at radius 1 is 1.30 bits per heavy atom. The van der Waals surface area contributed by atoms with Crippen LogP contribution in [0, 0.1) is 17.3 Å². The summed E-state index contributed by atoms with van der Waals surface area (Å²) in [5, 5.41) is 0. The molecule has 1 saturated carbocycles. The van der Waals surface area contributed by atoms with Gasteiger partial charge in [0.05, 0.1) is 24.4 Å². The minimum absolute atomic E-state index is 0.215. The number of hydrogen-bond acceptors (Lipinski definition) is 5. The molecule has 0 heterocycles. The van der Waals surface area contributed by atoms with Gasteiger partial charge in [-0.25, -0.2) is 0 Å². The molecule has 2 bridgehead atoms. The molecule has 20 heavy (non-hydrogen) atoms. The van der Waals surface area contributed by atoms with E-state index in [1.165, 1.54) is 21.3 Å². The number of methoxy groups -OCH3 is 3. The third kappa shape index (κ3) is 1.68. The number of carbonyl (C=O) groups excluding carboxylic acids is 2. The Hall–Kier alpha value is -0.720. The van der Waals surface area contributed by atoms with Crippen molar-refractivity contribution >= 4 is 27.7 Å². The largest absolute Gasteiger partial charge is 0.469 e. The Morgan fingerprint density at radius 3 is 2.30 bits per heavy atom. The van der Waals surface area contributed by atoms with Gasteiger partial charge in [-0.15, -0.1) is 0 Å². The van der Waals surface area contributed by atoms with Crippen LogP contribution in [0.2, 0.25) is 0 Å². The van der Waals surface area contributed by atoms with Gasteiger partial charge in [0.2, 0.25) is 11.6 Å². The van der Waals surface area contributed by atoms with Crippen LogP contribution in [-0.4, -0.2) is 38.9 Å². The summed E-state index contributed by atoms with van der Waals surface area (Å²) in [5.41, 5.74) is -0.0258. The number of carbonyl (C=O) groups is 2. The molecule has 0 aromatic rings. The molecule has 3 aliphatic rings. The van der Waals surface area contributed by atoms with E-state index in [0.717, 1.165) is 10.1 Å². The van der Waals surface area contributed by atoms with Crippen molar-refractivity contribution in [3.63, 3.8) is 0 Å². The molecule has 0 aromatic heterocycles. The second-order valence-corrected chi connectivity index (χ2v) is 6.42. The van der Waals surface area contributed by atoms with Crippen molar-refractivity contribution in [2.45, 2.75) is 26.1 Å². The van der Waals surface area contributed by atoms with Crippen LogP contribution in [0.5, 0.6) is 0 Å². The Kier molecular flexibility index (Phi) is 3.86. The van der Waals surface area contributed by atoms with Crippen LogP contribution >= 0.6 is 15.9 Å². The van der Waals surface area contributed by atoms with Crippen molar-refractivity contribution in [1.29, 1.82) is 0 Å². The summed E-state index contributed by atoms with van der Waals surface area (Å²) in [6.45, 7) is 3.63. The molecular formula is C14H19BrO5. The van der Waals surface area contributed by atoms with Crippen molar-refractivity contribution in [3.05, 3.63) is 10.1 Å². The zero-order chi connectivity index (χ0) is 15.3. The first-order chi connectivity index (χ1) is 9.30. The van der Waals surface area contributed by atoms with E-state index >= 15 is 0 Å². The Morgan fingerprint density at radius 2 is 1.85 bits per heavy atom. The number of ketones is 1. The molecule has 0 saturated heterocycles. The van der Waals surface area contributed by atoms with Crippen molar-refractivity contribution in [3.8, 4) is 0 Å². The summed E-state index contributed by atoms with van der Waals surface area (Å²) in [6, 6.07) is 0. The summed E-state index contributed by atoms with van der Waals surface area (Å²) >= 11 is 3.53. The minimum atomic E-state index is -1.32. The molecule has 0 N–H and O–H groups in total. The summed E-state index contributed by atoms with van der Waals surface area (Å²) in [4.78, 5) is 25.0. The highest BCUT2D eigenvalue weighted by atomic mass is 79.9. The lowest BCUT2D eigenvalue weighted by atomic mass is 9.54. The maximum Gasteiger partial charge on any atom is 0.312 e. The van der Waals surface area contributed by atoms with Gasteiger partial charge in [0.1, 0.15) is 0 Å². The molecule has 0 unspecified atom stereocenters. The van der Waals surface area contributed by atoms with Gasteiger partial charge < -0.3 is 14.2 Å². The van der Waals surface area contributed by atoms with E-state index in [1.807, 2.05) is 6.92 Å². The van der Waals surface area contributed by atoms with Crippen LogP contribution in [0.25, 0.3) is 0 Å². The molecule has 0 amide bonds. The third-order valence-corrected chi connectivity index (χ3v) is 5.88. The number of halogens is 1. The quantitative estimate of drug-likeness (QED) is 0.578. The highest BCUT2D eigenvalue weighted by Gasteiger charge is 2.67. The van der Waals surface area contributed by atoms with Crippen LogP contribution < -0.4 is 0 Å². The Balaban J connectivity index is 2.62. The zero-order valence-electron chi connectivity index (χ0n) is 12.3. The highest BCUT2D eigenvalue weighted by Crippen LogP contribution is 2.59. The second-order valence-electron chi connectivity index (χ2n) is 5.57. The second kappa shape index (κ2) is 4.93. The van der Waals surface area contributed by atoms with Crippen LogP contribution in [0.1, 0.15) is 20.3 Å². The normalized spacial score (nSPS) is 35.4. The summed E-state index contributed by atoms with van der Waals surface area (Å²) in [7, 11) is 4.24. The van der Waals surface area contributed by atoms with Gasteiger partial charge in [0, 0.05) is 18.7 Å². The summed E-state index contributed by atoms with van der Waals surface area (Å²) < 4.78 is 16.6. The predicted molar refractivity (Wildman–Crippen MR) is 75.1 cm³/mol. The summed E-state index contributed by atoms with van der Waals surface area (Å²) in [6.07, 6.45) is 0.440. The first-order valence-corrected chi connectivity index (χ1v) is 7.18. The molecule has 0 spiro atoms. The Labute approximate surface area is 126 Å². The molecule has 0 aliphatic heterocycles. The first-order valence-electron chi connectivity index (χ1n) is 6.39. The van der Waals surface area contributed by atoms with Crippen molar-refractivity contribution in [2.24, 2.45) is 17.3 Å². The fourth-order valence-corrected chi connectivity index (χ4v) is 4.38. The molecule has 0 radical (unpaired) electrons. The lowest BCUT2D eigenvalue weighted by Crippen LogP contribution is -2.65. The lowest BCUT2D eigenvalue weighted by Gasteiger charge is -2.54. The number of ether oxygens (including phenoxy) is 3. The van der Waals surface area contributed by atoms with Crippen LogP contribution in [0.15, 0.2) is 10.1 Å². The number of esters is 1. The van der Waals surface area contributed by atoms with E-state index in [2.05, 4.69) is 15.9 Å². The van der Waals surface area contributed by atoms with Gasteiger partial charge in [-0.2, -0.15) is 0 Å². The minimum Gasteiger partial charge on any atom is -0.469 e. The van der Waals surface area contributed by atoms with Crippen LogP contribution in [0.3, 0.4) is 0 Å². The fraction of sp³-hybridized carbons (Fsp3) is 0.714. The molecule has 3 rings (SSSR count). The number of allylic oxidation sites excluding steroid dienone is 1. The monoisotopic (exact) mass is 346 g/mol. The number of hydrogen-bond donors (Lipinski definition) is 0. The van der Waals surface area contributed by atoms with E-state index in [-0.39, 0.29) is 17.7 Å². The van der Waals surface area contributed by atoms with Gasteiger partial charge in [-0.1, -0.05) is 21.5 Å². The molecule has 1 fully saturated rings. The van der Waals surface area contributed by atoms with Gasteiger partial charge in [0.15, 0.2) is 0 Å². The number of rotatable bonds is 3. The maximum absolute atomic E-state index is 12.9. The molecule has 3 atom stereocenters. The van der Waals surface area contributed by atoms with Crippen LogP contribution in [-0.2, 0) is 23.8 Å². The fourth-order valence-electron chi connectivity index (χ4n) is 3.69. The van der Waals surface area contributed by atoms with Crippen molar-refractivity contribution in [1.82, 2.24) is 0 Å². The van der Waals surface area contributed by atoms with Gasteiger partial charge in [-0.05, 0) is 20.3 Å². The molecule has 3 aliphatic carbocycles. The Bertz CT molecular complexity index is 494. The average molecular weight is 347 g/mol. The zero-order valence-corrected chi connectivity index (χ0v) is 13.9. The predicted octanol–water partition coefficient (Wildman–Crippen LogP) is 2.04. The van der Waals surface area contributed by atoms with Gasteiger partial charge in [-0.3, -0.25) is 9.59 Å². The molecule has 112 valence electrons. The average Bonchev–Trinajstić information content (AvgIpc) is 2.44. The lowest BCUT2D eigenvalue weighted by molar-refractivity contribution is -0.248. The SMILES string of the molecule is COC(=O)[C@]1(C)C[C@@H]2C(Br)=C(C)[C@@H]1C(=O)C2(OC)OC. The van der Waals surface area contributed by atoms with Crippen molar-refractivity contribution < 1.29 is 23.8 Å². The highest BCUT2D eigenvalue weighted by molar-refractivity contribution is 9.11. The van der Waals surface area contributed by atoms with E-state index < -0.39 is 17.1 Å². The van der Waals surface area contributed by atoms with Crippen molar-refractivity contribution in [2.75, 3.05) is 21.3 Å². The third-order valence-electron chi connectivity index (χ3n) is 4.70. The van der Waals surface area contributed by atoms with E-state index in [4.69, 9.17) is 14.2 Å².